The molecule has 1 aromatic carbocycles. The maximum atomic E-state index is 12.6. The summed E-state index contributed by atoms with van der Waals surface area (Å²) in [5, 5.41) is 3.48. The lowest BCUT2D eigenvalue weighted by atomic mass is 10.2. The molecular formula is C17H19BrN4O3. The smallest absolute Gasteiger partial charge is 0.286 e. The van der Waals surface area contributed by atoms with Gasteiger partial charge in [-0.15, -0.1) is 0 Å². The van der Waals surface area contributed by atoms with Crippen LogP contribution >= 0.6 is 15.9 Å². The van der Waals surface area contributed by atoms with Gasteiger partial charge < -0.3 is 20.4 Å². The highest BCUT2D eigenvalue weighted by atomic mass is 79.9. The molecular weight excluding hydrogens is 388 g/mol. The van der Waals surface area contributed by atoms with Gasteiger partial charge in [0.05, 0.1) is 6.54 Å². The second-order valence-electron chi connectivity index (χ2n) is 6.77. The predicted molar refractivity (Wildman–Crippen MR) is 97.5 cm³/mol. The van der Waals surface area contributed by atoms with Crippen LogP contribution in [-0.2, 0) is 4.79 Å². The number of furan rings is 1. The van der Waals surface area contributed by atoms with Crippen molar-refractivity contribution in [2.24, 2.45) is 5.73 Å². The number of piperazine rings is 1. The SMILES string of the molecule is CN1C[C@H]2C[C@@H]1CN2CC(=O)Nc1c(C(N)=O)oc2ccc(Br)cc12. The summed E-state index contributed by atoms with van der Waals surface area (Å²) in [7, 11) is 2.12. The molecule has 0 radical (unpaired) electrons. The molecule has 3 heterocycles. The van der Waals surface area contributed by atoms with Gasteiger partial charge in [-0.25, -0.2) is 0 Å². The van der Waals surface area contributed by atoms with Crippen molar-refractivity contribution in [1.29, 1.82) is 0 Å². The van der Waals surface area contributed by atoms with Gasteiger partial charge in [0.2, 0.25) is 11.7 Å². The highest BCUT2D eigenvalue weighted by molar-refractivity contribution is 9.10. The summed E-state index contributed by atoms with van der Waals surface area (Å²) >= 11 is 3.39. The molecule has 1 aromatic heterocycles. The number of likely N-dealkylation sites (tertiary alicyclic amines) is 2. The molecule has 2 aliphatic heterocycles. The second kappa shape index (κ2) is 6.12. The van der Waals surface area contributed by atoms with Crippen molar-refractivity contribution in [3.05, 3.63) is 28.4 Å². The zero-order valence-corrected chi connectivity index (χ0v) is 15.4. The third kappa shape index (κ3) is 2.94. The first-order valence-corrected chi connectivity index (χ1v) is 8.97. The minimum atomic E-state index is -0.704. The number of nitrogens with two attached hydrogens (primary N) is 1. The van der Waals surface area contributed by atoms with Crippen molar-refractivity contribution < 1.29 is 14.0 Å². The molecule has 132 valence electrons. The Morgan fingerprint density at radius 1 is 1.36 bits per heavy atom. The summed E-state index contributed by atoms with van der Waals surface area (Å²) in [5.41, 5.74) is 6.26. The summed E-state index contributed by atoms with van der Waals surface area (Å²) < 4.78 is 6.35. The molecule has 0 saturated carbocycles. The number of carbonyl (C=O) groups is 2. The highest BCUT2D eigenvalue weighted by Gasteiger charge is 2.41. The van der Waals surface area contributed by atoms with Crippen molar-refractivity contribution >= 4 is 44.4 Å². The Balaban J connectivity index is 1.55. The van der Waals surface area contributed by atoms with Gasteiger partial charge in [-0.1, -0.05) is 15.9 Å². The molecule has 2 atom stereocenters. The van der Waals surface area contributed by atoms with Crippen molar-refractivity contribution in [2.75, 3.05) is 32.0 Å². The fraction of sp³-hybridized carbons (Fsp3) is 0.412. The maximum Gasteiger partial charge on any atom is 0.286 e. The van der Waals surface area contributed by atoms with Crippen LogP contribution in [0.4, 0.5) is 5.69 Å². The van der Waals surface area contributed by atoms with Gasteiger partial charge in [-0.3, -0.25) is 14.5 Å². The second-order valence-corrected chi connectivity index (χ2v) is 7.69. The molecule has 0 aliphatic carbocycles. The van der Waals surface area contributed by atoms with Crippen molar-refractivity contribution in [1.82, 2.24) is 9.80 Å². The Labute approximate surface area is 153 Å². The summed E-state index contributed by atoms with van der Waals surface area (Å²) in [5.74, 6) is -0.894. The summed E-state index contributed by atoms with van der Waals surface area (Å²) in [6.45, 7) is 2.19. The number of halogens is 1. The van der Waals surface area contributed by atoms with E-state index in [0.29, 0.717) is 35.3 Å². The van der Waals surface area contributed by atoms with Gasteiger partial charge >= 0.3 is 0 Å². The van der Waals surface area contributed by atoms with E-state index in [-0.39, 0.29) is 11.7 Å². The normalized spacial score (nSPS) is 23.4. The van der Waals surface area contributed by atoms with Crippen LogP contribution in [0.15, 0.2) is 27.1 Å². The Bertz CT molecular complexity index is 863. The van der Waals surface area contributed by atoms with Crippen LogP contribution in [0.1, 0.15) is 17.0 Å². The fourth-order valence-electron chi connectivity index (χ4n) is 3.87. The van der Waals surface area contributed by atoms with Crippen LogP contribution in [0.25, 0.3) is 11.0 Å². The number of anilines is 1. The average molecular weight is 407 g/mol. The van der Waals surface area contributed by atoms with E-state index >= 15 is 0 Å². The summed E-state index contributed by atoms with van der Waals surface area (Å²) in [6, 6.07) is 6.29. The molecule has 2 saturated heterocycles. The Kier molecular flexibility index (Phi) is 4.05. The van der Waals surface area contributed by atoms with E-state index in [1.165, 1.54) is 0 Å². The highest BCUT2D eigenvalue weighted by Crippen LogP contribution is 2.33. The van der Waals surface area contributed by atoms with Gasteiger partial charge in [0.1, 0.15) is 11.3 Å². The number of likely N-dealkylation sites (N-methyl/N-ethyl adjacent to an activating group) is 1. The molecule has 4 rings (SSSR count). The number of fused-ring (bicyclic) bond motifs is 3. The molecule has 0 unspecified atom stereocenters. The molecule has 2 amide bonds. The molecule has 0 spiro atoms. The van der Waals surface area contributed by atoms with E-state index in [2.05, 4.69) is 38.1 Å². The lowest BCUT2D eigenvalue weighted by Gasteiger charge is -2.31. The Morgan fingerprint density at radius 3 is 2.80 bits per heavy atom. The number of amides is 2. The zero-order valence-electron chi connectivity index (χ0n) is 13.8. The number of nitrogens with zero attached hydrogens (tertiary/aromatic N) is 2. The molecule has 2 fully saturated rings. The number of hydrogen-bond acceptors (Lipinski definition) is 5. The lowest BCUT2D eigenvalue weighted by Crippen LogP contribution is -2.47. The molecule has 3 N–H and O–H groups in total. The monoisotopic (exact) mass is 406 g/mol. The molecule has 8 heteroatoms. The summed E-state index contributed by atoms with van der Waals surface area (Å²) in [4.78, 5) is 28.8. The third-order valence-electron chi connectivity index (χ3n) is 5.11. The van der Waals surface area contributed by atoms with Crippen molar-refractivity contribution in [3.63, 3.8) is 0 Å². The number of primary amides is 1. The van der Waals surface area contributed by atoms with Crippen LogP contribution in [0, 0.1) is 0 Å². The Hall–Kier alpha value is -1.90. The first-order valence-electron chi connectivity index (χ1n) is 8.18. The van der Waals surface area contributed by atoms with Gasteiger partial charge in [0.25, 0.3) is 5.91 Å². The van der Waals surface area contributed by atoms with Gasteiger partial charge in [-0.05, 0) is 31.7 Å². The van der Waals surface area contributed by atoms with Crippen molar-refractivity contribution in [2.45, 2.75) is 18.5 Å². The minimum Gasteiger partial charge on any atom is -0.449 e. The quantitative estimate of drug-likeness (QED) is 0.804. The van der Waals surface area contributed by atoms with E-state index in [4.69, 9.17) is 10.2 Å². The van der Waals surface area contributed by atoms with Crippen LogP contribution in [0.2, 0.25) is 0 Å². The van der Waals surface area contributed by atoms with E-state index in [9.17, 15) is 9.59 Å². The first kappa shape index (κ1) is 16.6. The van der Waals surface area contributed by atoms with Crippen LogP contribution < -0.4 is 11.1 Å². The first-order chi connectivity index (χ1) is 11.9. The Morgan fingerprint density at radius 2 is 2.16 bits per heavy atom. The van der Waals surface area contributed by atoms with Crippen LogP contribution in [0.3, 0.4) is 0 Å². The van der Waals surface area contributed by atoms with Gasteiger partial charge in [0.15, 0.2) is 0 Å². The number of hydrogen-bond donors (Lipinski definition) is 2. The predicted octanol–water partition coefficient (Wildman–Crippen LogP) is 1.62. The molecule has 7 nitrogen and oxygen atoms in total. The van der Waals surface area contributed by atoms with Crippen LogP contribution in [-0.4, -0.2) is 60.4 Å². The van der Waals surface area contributed by atoms with Crippen LogP contribution in [0.5, 0.6) is 0 Å². The largest absolute Gasteiger partial charge is 0.449 e. The zero-order chi connectivity index (χ0) is 17.7. The number of rotatable bonds is 4. The third-order valence-corrected chi connectivity index (χ3v) is 5.61. The van der Waals surface area contributed by atoms with E-state index in [1.54, 1.807) is 18.2 Å². The standard InChI is InChI=1S/C17H19BrN4O3/c1-21-6-11-5-10(21)7-22(11)8-14(23)20-15-12-4-9(18)2-3-13(12)25-16(15)17(19)24/h2-4,10-11H,5-8H2,1H3,(H2,19,24)(H,20,23)/t10-,11-/m1/s1. The van der Waals surface area contributed by atoms with E-state index in [1.807, 2.05) is 0 Å². The molecule has 2 aromatic rings. The van der Waals surface area contributed by atoms with E-state index < -0.39 is 5.91 Å². The van der Waals surface area contributed by atoms with Gasteiger partial charge in [-0.2, -0.15) is 0 Å². The van der Waals surface area contributed by atoms with Crippen molar-refractivity contribution in [3.8, 4) is 0 Å². The fourth-order valence-corrected chi connectivity index (χ4v) is 4.23. The lowest BCUT2D eigenvalue weighted by molar-refractivity contribution is -0.117. The molecule has 2 bridgehead atoms. The maximum absolute atomic E-state index is 12.6. The molecule has 2 aliphatic rings. The number of benzene rings is 1. The topological polar surface area (TPSA) is 91.8 Å². The van der Waals surface area contributed by atoms with E-state index in [0.717, 1.165) is 24.0 Å². The minimum absolute atomic E-state index is 0.0240. The van der Waals surface area contributed by atoms with Gasteiger partial charge in [0, 0.05) is 35.0 Å². The molecule has 25 heavy (non-hydrogen) atoms. The number of carbonyl (C=O) groups excluding carboxylic acids is 2. The summed E-state index contributed by atoms with van der Waals surface area (Å²) in [6.07, 6.45) is 1.11. The average Bonchev–Trinajstić information content (AvgIpc) is 3.20. The number of nitrogens with one attached hydrogen (secondary N) is 1.